The van der Waals surface area contributed by atoms with Crippen molar-refractivity contribution in [2.75, 3.05) is 0 Å². The molecule has 0 saturated heterocycles. The average Bonchev–Trinajstić information content (AvgIpc) is 2.55. The van der Waals surface area contributed by atoms with Gasteiger partial charge in [0, 0.05) is 10.0 Å². The fraction of sp³-hybridized carbons (Fsp3) is 0.0667. The van der Waals surface area contributed by atoms with E-state index in [0.717, 1.165) is 12.7 Å². The first-order valence-corrected chi connectivity index (χ1v) is 7.71. The molecule has 1 aromatic carbocycles. The van der Waals surface area contributed by atoms with Gasteiger partial charge in [0.1, 0.15) is 5.75 Å². The Hall–Kier alpha value is -3.14. The highest BCUT2D eigenvalue weighted by Crippen LogP contribution is 2.39. The molecule has 3 aromatic rings. The van der Waals surface area contributed by atoms with Gasteiger partial charge in [-0.3, -0.25) is 9.59 Å². The van der Waals surface area contributed by atoms with Crippen LogP contribution in [0.15, 0.2) is 44.9 Å². The number of aromatic nitrogens is 4. The number of halogens is 1. The van der Waals surface area contributed by atoms with Crippen LogP contribution in [0.4, 0.5) is 0 Å². The van der Waals surface area contributed by atoms with Crippen molar-refractivity contribution in [1.82, 2.24) is 19.9 Å². The molecule has 5 N–H and O–H groups in total. The predicted molar refractivity (Wildman–Crippen MR) is 89.8 cm³/mol. The zero-order valence-electron chi connectivity index (χ0n) is 12.4. The van der Waals surface area contributed by atoms with Crippen molar-refractivity contribution in [2.24, 2.45) is 0 Å². The van der Waals surface area contributed by atoms with Gasteiger partial charge in [-0.25, -0.2) is 9.97 Å². The fourth-order valence-electron chi connectivity index (χ4n) is 2.53. The number of hydrogen-bond donors (Lipinski definition) is 5. The van der Waals surface area contributed by atoms with Crippen LogP contribution in [0.5, 0.6) is 17.5 Å². The summed E-state index contributed by atoms with van der Waals surface area (Å²) >= 11 is 3.24. The van der Waals surface area contributed by atoms with Gasteiger partial charge < -0.3 is 25.3 Å². The molecule has 3 rings (SSSR count). The molecule has 2 heterocycles. The molecule has 0 amide bonds. The Balaban J connectivity index is 2.44. The molecule has 0 aliphatic rings. The van der Waals surface area contributed by atoms with Gasteiger partial charge in [-0.2, -0.15) is 0 Å². The lowest BCUT2D eigenvalue weighted by atomic mass is 9.86. The quantitative estimate of drug-likeness (QED) is 0.433. The number of benzene rings is 1. The minimum Gasteiger partial charge on any atom is -0.508 e. The molecular formula is C15H11BrN4O5. The molecule has 0 atom stereocenters. The number of nitrogens with one attached hydrogen (secondary N) is 2. The third-order valence-corrected chi connectivity index (χ3v) is 4.11. The molecule has 0 radical (unpaired) electrons. The van der Waals surface area contributed by atoms with Crippen LogP contribution < -0.4 is 11.1 Å². The van der Waals surface area contributed by atoms with Crippen LogP contribution in [0.1, 0.15) is 22.6 Å². The normalized spacial score (nSPS) is 11.0. The molecule has 0 bridgehead atoms. The summed E-state index contributed by atoms with van der Waals surface area (Å²) in [6, 6.07) is 4.35. The number of hydrogen-bond acceptors (Lipinski definition) is 7. The van der Waals surface area contributed by atoms with E-state index in [1.54, 1.807) is 6.07 Å². The predicted octanol–water partition coefficient (Wildman–Crippen LogP) is 0.913. The van der Waals surface area contributed by atoms with E-state index in [0.29, 0.717) is 4.47 Å². The van der Waals surface area contributed by atoms with Crippen molar-refractivity contribution in [2.45, 2.75) is 5.92 Å². The third-order valence-electron chi connectivity index (χ3n) is 3.61. The number of H-pyrrole nitrogens is 2. The van der Waals surface area contributed by atoms with Crippen LogP contribution >= 0.6 is 15.9 Å². The molecule has 0 unspecified atom stereocenters. The van der Waals surface area contributed by atoms with E-state index in [1.165, 1.54) is 12.1 Å². The van der Waals surface area contributed by atoms with Crippen LogP contribution in [0.2, 0.25) is 0 Å². The summed E-state index contributed by atoms with van der Waals surface area (Å²) in [5.74, 6) is -2.85. The maximum Gasteiger partial charge on any atom is 0.258 e. The number of aromatic hydroxyl groups is 3. The van der Waals surface area contributed by atoms with Crippen molar-refractivity contribution in [3.63, 3.8) is 0 Å². The maximum atomic E-state index is 12.3. The molecule has 128 valence electrons. The number of rotatable bonds is 3. The largest absolute Gasteiger partial charge is 0.508 e. The highest BCUT2D eigenvalue weighted by molar-refractivity contribution is 9.10. The highest BCUT2D eigenvalue weighted by Gasteiger charge is 2.31. The molecule has 9 nitrogen and oxygen atoms in total. The maximum absolute atomic E-state index is 12.3. The zero-order valence-corrected chi connectivity index (χ0v) is 14.0. The smallest absolute Gasteiger partial charge is 0.258 e. The monoisotopic (exact) mass is 406 g/mol. The second kappa shape index (κ2) is 6.40. The van der Waals surface area contributed by atoms with Crippen LogP contribution in [0.25, 0.3) is 0 Å². The average molecular weight is 407 g/mol. The summed E-state index contributed by atoms with van der Waals surface area (Å²) in [6.07, 6.45) is 1.98. The molecule has 0 fully saturated rings. The highest BCUT2D eigenvalue weighted by atomic mass is 79.9. The molecule has 0 aliphatic heterocycles. The lowest BCUT2D eigenvalue weighted by Gasteiger charge is -2.19. The molecule has 0 spiro atoms. The summed E-state index contributed by atoms with van der Waals surface area (Å²) < 4.78 is 0.546. The van der Waals surface area contributed by atoms with Gasteiger partial charge in [-0.05, 0) is 18.2 Å². The number of aromatic amines is 2. The molecule has 0 aliphatic carbocycles. The first-order chi connectivity index (χ1) is 11.9. The van der Waals surface area contributed by atoms with Crippen LogP contribution in [-0.4, -0.2) is 35.3 Å². The molecule has 10 heteroatoms. The summed E-state index contributed by atoms with van der Waals surface area (Å²) in [6.45, 7) is 0. The zero-order chi connectivity index (χ0) is 18.1. The van der Waals surface area contributed by atoms with Gasteiger partial charge in [0.25, 0.3) is 11.1 Å². The van der Waals surface area contributed by atoms with Gasteiger partial charge in [-0.15, -0.1) is 0 Å². The van der Waals surface area contributed by atoms with Gasteiger partial charge in [0.15, 0.2) is 0 Å². The van der Waals surface area contributed by atoms with E-state index in [2.05, 4.69) is 35.9 Å². The van der Waals surface area contributed by atoms with Gasteiger partial charge in [-0.1, -0.05) is 15.9 Å². The standard InChI is InChI=1S/C15H11BrN4O5/c16-6-1-2-8(21)7(3-6)9(10-12(22)17-4-18-13(10)23)11-14(24)19-5-20-15(11)25/h1-5,9,21H,(H2,17,18,22,23)(H2,19,20,24,25). The van der Waals surface area contributed by atoms with Crippen LogP contribution in [-0.2, 0) is 0 Å². The Morgan fingerprint density at radius 3 is 1.92 bits per heavy atom. The van der Waals surface area contributed by atoms with Crippen LogP contribution in [0.3, 0.4) is 0 Å². The number of phenols is 1. The van der Waals surface area contributed by atoms with Crippen molar-refractivity contribution in [3.8, 4) is 17.5 Å². The Morgan fingerprint density at radius 1 is 0.920 bits per heavy atom. The molecule has 2 aromatic heterocycles. The first-order valence-electron chi connectivity index (χ1n) is 6.91. The van der Waals surface area contributed by atoms with Crippen molar-refractivity contribution in [1.29, 1.82) is 0 Å². The van der Waals surface area contributed by atoms with Crippen LogP contribution in [0, 0.1) is 0 Å². The summed E-state index contributed by atoms with van der Waals surface area (Å²) in [5, 5.41) is 30.4. The molecule has 0 saturated carbocycles. The van der Waals surface area contributed by atoms with E-state index < -0.39 is 28.8 Å². The minimum atomic E-state index is -1.31. The van der Waals surface area contributed by atoms with Crippen molar-refractivity contribution >= 4 is 15.9 Å². The lowest BCUT2D eigenvalue weighted by molar-refractivity contribution is 0.428. The number of nitrogens with zero attached hydrogens (tertiary/aromatic N) is 2. The van der Waals surface area contributed by atoms with Crippen molar-refractivity contribution in [3.05, 3.63) is 72.7 Å². The topological polar surface area (TPSA) is 152 Å². The lowest BCUT2D eigenvalue weighted by Crippen LogP contribution is -2.24. The van der Waals surface area contributed by atoms with Crippen molar-refractivity contribution < 1.29 is 15.3 Å². The second-order valence-electron chi connectivity index (χ2n) is 5.07. The van der Waals surface area contributed by atoms with E-state index in [4.69, 9.17) is 0 Å². The Labute approximate surface area is 147 Å². The van der Waals surface area contributed by atoms with Gasteiger partial charge in [0.05, 0.1) is 29.7 Å². The number of phenolic OH excluding ortho intramolecular Hbond substituents is 1. The van der Waals surface area contributed by atoms with Gasteiger partial charge >= 0.3 is 0 Å². The SMILES string of the molecule is O=c1[nH]cnc(O)c1C(c1cc(Br)ccc1O)c1c(O)nc[nH]c1=O. The summed E-state index contributed by atoms with van der Waals surface area (Å²) in [4.78, 5) is 36.4. The fourth-order valence-corrected chi connectivity index (χ4v) is 2.91. The molecule has 25 heavy (non-hydrogen) atoms. The molecular weight excluding hydrogens is 396 g/mol. The van der Waals surface area contributed by atoms with E-state index in [-0.39, 0.29) is 22.4 Å². The second-order valence-corrected chi connectivity index (χ2v) is 5.99. The first kappa shape index (κ1) is 16.7. The Kier molecular flexibility index (Phi) is 4.28. The van der Waals surface area contributed by atoms with E-state index >= 15 is 0 Å². The minimum absolute atomic E-state index is 0.0944. The summed E-state index contributed by atoms with van der Waals surface area (Å²) in [7, 11) is 0. The Bertz CT molecular complexity index is 1000. The van der Waals surface area contributed by atoms with Gasteiger partial charge in [0.2, 0.25) is 11.8 Å². The Morgan fingerprint density at radius 2 is 1.44 bits per heavy atom. The third kappa shape index (κ3) is 2.98. The van der Waals surface area contributed by atoms with E-state index in [1.807, 2.05) is 0 Å². The van der Waals surface area contributed by atoms with E-state index in [9.17, 15) is 24.9 Å². The summed E-state index contributed by atoms with van der Waals surface area (Å²) in [5.41, 5.74) is -2.01.